The molecule has 2 N–H and O–H groups in total. The lowest BCUT2D eigenvalue weighted by Crippen LogP contribution is -2.23. The first-order valence-electron chi connectivity index (χ1n) is 6.75. The average Bonchev–Trinajstić information content (AvgIpc) is 2.43. The topological polar surface area (TPSA) is 86.7 Å². The third-order valence-corrected chi connectivity index (χ3v) is 5.07. The molecule has 7 heteroatoms. The Morgan fingerprint density at radius 3 is 2.52 bits per heavy atom. The van der Waals surface area contributed by atoms with E-state index in [1.165, 1.54) is 18.4 Å². The lowest BCUT2D eigenvalue weighted by molar-refractivity contribution is -0.141. The highest BCUT2D eigenvalue weighted by atomic mass is 32.2. The minimum absolute atomic E-state index is 0.223. The zero-order valence-electron chi connectivity index (χ0n) is 12.5. The summed E-state index contributed by atoms with van der Waals surface area (Å²) in [6.07, 6.45) is 1.20. The fourth-order valence-corrected chi connectivity index (χ4v) is 2.85. The van der Waals surface area contributed by atoms with E-state index in [-0.39, 0.29) is 4.90 Å². The second kappa shape index (κ2) is 7.42. The molecule has 0 saturated carbocycles. The Hall–Kier alpha value is -1.60. The van der Waals surface area contributed by atoms with Gasteiger partial charge in [0.1, 0.15) is 4.90 Å². The molecule has 0 heterocycles. The predicted octanol–water partition coefficient (Wildman–Crippen LogP) is 1.85. The second-order valence-corrected chi connectivity index (χ2v) is 7.21. The van der Waals surface area contributed by atoms with E-state index in [9.17, 15) is 13.2 Å². The van der Waals surface area contributed by atoms with Gasteiger partial charge in [0.2, 0.25) is 10.0 Å². The molecule has 118 valence electrons. The fourth-order valence-electron chi connectivity index (χ4n) is 1.79. The van der Waals surface area contributed by atoms with E-state index in [1.807, 2.05) is 0 Å². The van der Waals surface area contributed by atoms with Crippen molar-refractivity contribution in [1.82, 2.24) is 4.31 Å². The van der Waals surface area contributed by atoms with Crippen molar-refractivity contribution in [3.8, 4) is 0 Å². The first-order valence-corrected chi connectivity index (χ1v) is 8.19. The van der Waals surface area contributed by atoms with Crippen LogP contribution in [-0.2, 0) is 14.8 Å². The zero-order chi connectivity index (χ0) is 16.0. The number of carbonyl (C=O) groups is 1. The summed E-state index contributed by atoms with van der Waals surface area (Å²) in [5, 5.41) is 11.9. The van der Waals surface area contributed by atoms with Crippen molar-refractivity contribution in [3.63, 3.8) is 0 Å². The first kappa shape index (κ1) is 17.5. The molecule has 0 bridgehead atoms. The van der Waals surface area contributed by atoms with Crippen LogP contribution in [0.2, 0.25) is 0 Å². The standard InChI is InChI=1S/C14H22N2O4S/c1-11(14(17)18)7-6-10-15-12-8-4-5-9-13(12)21(19,20)16(2)3/h4-5,8-9,11,15H,6-7,10H2,1-3H3,(H,17,18). The Bertz CT molecular complexity index is 584. The number of nitrogens with one attached hydrogen (secondary N) is 1. The summed E-state index contributed by atoms with van der Waals surface area (Å²) in [6.45, 7) is 2.18. The Balaban J connectivity index is 2.71. The highest BCUT2D eigenvalue weighted by Gasteiger charge is 2.20. The van der Waals surface area contributed by atoms with Gasteiger partial charge < -0.3 is 10.4 Å². The Morgan fingerprint density at radius 1 is 1.33 bits per heavy atom. The molecular weight excluding hydrogens is 292 g/mol. The van der Waals surface area contributed by atoms with Crippen LogP contribution in [0.1, 0.15) is 19.8 Å². The number of para-hydroxylation sites is 1. The number of aliphatic carboxylic acids is 1. The number of anilines is 1. The number of carboxylic acid groups (broad SMARTS) is 1. The van der Waals surface area contributed by atoms with Gasteiger partial charge in [-0.25, -0.2) is 12.7 Å². The SMILES string of the molecule is CC(CCCNc1ccccc1S(=O)(=O)N(C)C)C(=O)O. The van der Waals surface area contributed by atoms with Gasteiger partial charge in [-0.2, -0.15) is 0 Å². The van der Waals surface area contributed by atoms with Gasteiger partial charge in [-0.3, -0.25) is 4.79 Å². The van der Waals surface area contributed by atoms with Gasteiger partial charge in [0.25, 0.3) is 0 Å². The van der Waals surface area contributed by atoms with Crippen LogP contribution in [0.4, 0.5) is 5.69 Å². The molecule has 0 amide bonds. The largest absolute Gasteiger partial charge is 0.481 e. The molecule has 0 fully saturated rings. The molecule has 1 aromatic rings. The minimum atomic E-state index is -3.50. The van der Waals surface area contributed by atoms with Crippen LogP contribution in [0.3, 0.4) is 0 Å². The van der Waals surface area contributed by atoms with Gasteiger partial charge in [0, 0.05) is 20.6 Å². The first-order chi connectivity index (χ1) is 9.76. The average molecular weight is 314 g/mol. The van der Waals surface area contributed by atoms with Gasteiger partial charge in [-0.1, -0.05) is 19.1 Å². The summed E-state index contributed by atoms with van der Waals surface area (Å²) >= 11 is 0. The van der Waals surface area contributed by atoms with Crippen molar-refractivity contribution in [1.29, 1.82) is 0 Å². The number of hydrogen-bond donors (Lipinski definition) is 2. The highest BCUT2D eigenvalue weighted by molar-refractivity contribution is 7.89. The van der Waals surface area contributed by atoms with E-state index in [2.05, 4.69) is 5.32 Å². The number of nitrogens with zero attached hydrogens (tertiary/aromatic N) is 1. The molecule has 0 aromatic heterocycles. The lowest BCUT2D eigenvalue weighted by atomic mass is 10.1. The van der Waals surface area contributed by atoms with Crippen LogP contribution < -0.4 is 5.32 Å². The molecule has 0 aliphatic rings. The number of benzene rings is 1. The molecule has 1 rings (SSSR count). The Labute approximate surface area is 125 Å². The van der Waals surface area contributed by atoms with E-state index < -0.39 is 21.9 Å². The van der Waals surface area contributed by atoms with Crippen LogP contribution >= 0.6 is 0 Å². The van der Waals surface area contributed by atoms with E-state index in [4.69, 9.17) is 5.11 Å². The maximum atomic E-state index is 12.2. The molecule has 1 atom stereocenters. The highest BCUT2D eigenvalue weighted by Crippen LogP contribution is 2.23. The predicted molar refractivity (Wildman–Crippen MR) is 81.8 cm³/mol. The second-order valence-electron chi connectivity index (χ2n) is 5.09. The van der Waals surface area contributed by atoms with Crippen LogP contribution in [0.15, 0.2) is 29.2 Å². The molecular formula is C14H22N2O4S. The van der Waals surface area contributed by atoms with Crippen molar-refractivity contribution in [2.75, 3.05) is 26.0 Å². The number of sulfonamides is 1. The summed E-state index contributed by atoms with van der Waals surface area (Å²) in [7, 11) is -0.524. The Morgan fingerprint density at radius 2 is 1.95 bits per heavy atom. The van der Waals surface area contributed by atoms with Gasteiger partial charge in [-0.05, 0) is 25.0 Å². The zero-order valence-corrected chi connectivity index (χ0v) is 13.4. The van der Waals surface area contributed by atoms with Crippen LogP contribution in [0.5, 0.6) is 0 Å². The third-order valence-electron chi connectivity index (χ3n) is 3.20. The van der Waals surface area contributed by atoms with Crippen LogP contribution in [-0.4, -0.2) is 44.4 Å². The smallest absolute Gasteiger partial charge is 0.306 e. The van der Waals surface area contributed by atoms with Crippen molar-refractivity contribution in [3.05, 3.63) is 24.3 Å². The molecule has 0 saturated heterocycles. The quantitative estimate of drug-likeness (QED) is 0.715. The van der Waals surface area contributed by atoms with Crippen molar-refractivity contribution < 1.29 is 18.3 Å². The lowest BCUT2D eigenvalue weighted by Gasteiger charge is -2.16. The van der Waals surface area contributed by atoms with Crippen molar-refractivity contribution in [2.24, 2.45) is 5.92 Å². The summed E-state index contributed by atoms with van der Waals surface area (Å²) in [5.74, 6) is -1.21. The normalized spacial score (nSPS) is 13.1. The van der Waals surface area contributed by atoms with E-state index >= 15 is 0 Å². The Kier molecular flexibility index (Phi) is 6.17. The molecule has 6 nitrogen and oxygen atoms in total. The fraction of sp³-hybridized carbons (Fsp3) is 0.500. The molecule has 0 radical (unpaired) electrons. The molecule has 0 aliphatic heterocycles. The molecule has 0 spiro atoms. The van der Waals surface area contributed by atoms with E-state index in [0.717, 1.165) is 0 Å². The number of hydrogen-bond acceptors (Lipinski definition) is 4. The summed E-state index contributed by atoms with van der Waals surface area (Å²) in [6, 6.07) is 6.69. The van der Waals surface area contributed by atoms with Crippen LogP contribution in [0.25, 0.3) is 0 Å². The maximum Gasteiger partial charge on any atom is 0.306 e. The summed E-state index contributed by atoms with van der Waals surface area (Å²) in [5.41, 5.74) is 0.536. The monoisotopic (exact) mass is 314 g/mol. The number of rotatable bonds is 8. The minimum Gasteiger partial charge on any atom is -0.481 e. The van der Waals surface area contributed by atoms with Gasteiger partial charge in [-0.15, -0.1) is 0 Å². The van der Waals surface area contributed by atoms with Gasteiger partial charge in [0.05, 0.1) is 11.6 Å². The summed E-state index contributed by atoms with van der Waals surface area (Å²) < 4.78 is 25.5. The van der Waals surface area contributed by atoms with Gasteiger partial charge in [0.15, 0.2) is 0 Å². The molecule has 1 unspecified atom stereocenters. The van der Waals surface area contributed by atoms with Gasteiger partial charge >= 0.3 is 5.97 Å². The van der Waals surface area contributed by atoms with Crippen molar-refractivity contribution in [2.45, 2.75) is 24.7 Å². The van der Waals surface area contributed by atoms with E-state index in [1.54, 1.807) is 31.2 Å². The van der Waals surface area contributed by atoms with Crippen LogP contribution in [0, 0.1) is 5.92 Å². The molecule has 0 aliphatic carbocycles. The maximum absolute atomic E-state index is 12.2. The number of carboxylic acids is 1. The van der Waals surface area contributed by atoms with Crippen molar-refractivity contribution >= 4 is 21.7 Å². The molecule has 1 aromatic carbocycles. The molecule has 21 heavy (non-hydrogen) atoms. The third kappa shape index (κ3) is 4.71. The summed E-state index contributed by atoms with van der Waals surface area (Å²) in [4.78, 5) is 10.9. The van der Waals surface area contributed by atoms with E-state index in [0.29, 0.717) is 25.1 Å².